The number of hydrogen-bond donors (Lipinski definition) is 0. The van der Waals surface area contributed by atoms with Crippen molar-refractivity contribution in [1.29, 1.82) is 5.26 Å². The van der Waals surface area contributed by atoms with Crippen molar-refractivity contribution in [2.24, 2.45) is 5.92 Å². The van der Waals surface area contributed by atoms with Crippen molar-refractivity contribution in [3.63, 3.8) is 0 Å². The van der Waals surface area contributed by atoms with E-state index in [1.54, 1.807) is 18.2 Å². The van der Waals surface area contributed by atoms with Gasteiger partial charge in [-0.15, -0.1) is 21.5 Å². The van der Waals surface area contributed by atoms with Crippen LogP contribution in [0.1, 0.15) is 24.8 Å². The standard InChI is InChI=1S/C25H22FN5OS2/c1-16(2)13-31-23(18-10-6-7-11-20(18)26)29-30-25(31)34-15-22(32)19(12-27)24-28-21(14-33-24)17-8-4-3-5-9-17/h3-11,14,16,19H,13,15H2,1-2H3. The molecule has 0 saturated carbocycles. The molecule has 0 radical (unpaired) electrons. The van der Waals surface area contributed by atoms with E-state index >= 15 is 0 Å². The van der Waals surface area contributed by atoms with Gasteiger partial charge in [-0.1, -0.05) is 68.1 Å². The van der Waals surface area contributed by atoms with Gasteiger partial charge < -0.3 is 4.57 Å². The zero-order chi connectivity index (χ0) is 24.1. The maximum atomic E-state index is 14.4. The van der Waals surface area contributed by atoms with Crippen molar-refractivity contribution < 1.29 is 9.18 Å². The number of ketones is 1. The Bertz CT molecular complexity index is 1330. The lowest BCUT2D eigenvalue weighted by Crippen LogP contribution is -2.14. The maximum Gasteiger partial charge on any atom is 0.191 e. The third-order valence-corrected chi connectivity index (χ3v) is 6.91. The Labute approximate surface area is 205 Å². The van der Waals surface area contributed by atoms with Crippen molar-refractivity contribution in [3.05, 3.63) is 70.8 Å². The smallest absolute Gasteiger partial charge is 0.191 e. The maximum absolute atomic E-state index is 14.4. The molecule has 0 amide bonds. The van der Waals surface area contributed by atoms with Crippen LogP contribution in [0.3, 0.4) is 0 Å². The number of carbonyl (C=O) groups is 1. The molecule has 0 fully saturated rings. The van der Waals surface area contributed by atoms with Gasteiger partial charge in [0, 0.05) is 17.5 Å². The number of thioether (sulfide) groups is 1. The molecule has 4 aromatic rings. The van der Waals surface area contributed by atoms with Gasteiger partial charge in [-0.3, -0.25) is 4.79 Å². The number of nitrogens with zero attached hydrogens (tertiary/aromatic N) is 5. The number of thiazole rings is 1. The fourth-order valence-electron chi connectivity index (χ4n) is 3.41. The van der Waals surface area contributed by atoms with Crippen molar-refractivity contribution in [2.45, 2.75) is 31.5 Å². The molecule has 0 bridgehead atoms. The van der Waals surface area contributed by atoms with Gasteiger partial charge in [-0.2, -0.15) is 5.26 Å². The lowest BCUT2D eigenvalue weighted by atomic mass is 10.1. The third-order valence-electron chi connectivity index (χ3n) is 5.01. The summed E-state index contributed by atoms with van der Waals surface area (Å²) in [5.41, 5.74) is 2.04. The Kier molecular flexibility index (Phi) is 7.50. The first-order valence-corrected chi connectivity index (χ1v) is 12.6. The molecule has 0 aliphatic rings. The molecule has 0 spiro atoms. The Morgan fingerprint density at radius 1 is 1.15 bits per heavy atom. The van der Waals surface area contributed by atoms with Crippen LogP contribution in [-0.2, 0) is 11.3 Å². The number of benzene rings is 2. The highest BCUT2D eigenvalue weighted by atomic mass is 32.2. The summed E-state index contributed by atoms with van der Waals surface area (Å²) in [6.45, 7) is 4.66. The number of hydrogen-bond acceptors (Lipinski definition) is 7. The molecule has 34 heavy (non-hydrogen) atoms. The van der Waals surface area contributed by atoms with E-state index < -0.39 is 5.92 Å². The second-order valence-corrected chi connectivity index (χ2v) is 9.88. The van der Waals surface area contributed by atoms with Gasteiger partial charge in [-0.25, -0.2) is 9.37 Å². The molecule has 6 nitrogen and oxygen atoms in total. The molecular formula is C25H22FN5OS2. The van der Waals surface area contributed by atoms with Crippen LogP contribution >= 0.6 is 23.1 Å². The minimum Gasteiger partial charge on any atom is -0.302 e. The molecule has 0 aliphatic carbocycles. The zero-order valence-electron chi connectivity index (χ0n) is 18.7. The van der Waals surface area contributed by atoms with Crippen LogP contribution in [0.5, 0.6) is 0 Å². The van der Waals surface area contributed by atoms with E-state index in [-0.39, 0.29) is 23.3 Å². The quantitative estimate of drug-likeness (QED) is 0.274. The number of Topliss-reactive ketones (excluding diaryl/α,β-unsaturated/α-hetero) is 1. The SMILES string of the molecule is CC(C)Cn1c(SCC(=O)C(C#N)c2nc(-c3ccccc3)cs2)nnc1-c1ccccc1F. The number of rotatable bonds is 9. The van der Waals surface area contributed by atoms with Crippen molar-refractivity contribution >= 4 is 28.9 Å². The zero-order valence-corrected chi connectivity index (χ0v) is 20.3. The largest absolute Gasteiger partial charge is 0.302 e. The average Bonchev–Trinajstić information content (AvgIpc) is 3.47. The number of carbonyl (C=O) groups excluding carboxylic acids is 1. The summed E-state index contributed by atoms with van der Waals surface area (Å²) in [5, 5.41) is 21.0. The summed E-state index contributed by atoms with van der Waals surface area (Å²) in [6, 6.07) is 18.1. The molecule has 0 saturated heterocycles. The Hall–Kier alpha value is -3.35. The lowest BCUT2D eigenvalue weighted by Gasteiger charge is -2.13. The van der Waals surface area contributed by atoms with Crippen LogP contribution in [0.4, 0.5) is 4.39 Å². The van der Waals surface area contributed by atoms with E-state index in [1.807, 2.05) is 54.1 Å². The van der Waals surface area contributed by atoms with E-state index in [2.05, 4.69) is 21.3 Å². The highest BCUT2D eigenvalue weighted by molar-refractivity contribution is 7.99. The van der Waals surface area contributed by atoms with E-state index in [1.165, 1.54) is 29.2 Å². The van der Waals surface area contributed by atoms with E-state index in [9.17, 15) is 14.4 Å². The fraction of sp³-hybridized carbons (Fsp3) is 0.240. The molecule has 9 heteroatoms. The first kappa shape index (κ1) is 23.8. The van der Waals surface area contributed by atoms with Crippen LogP contribution < -0.4 is 0 Å². The van der Waals surface area contributed by atoms with Gasteiger partial charge in [0.15, 0.2) is 22.7 Å². The van der Waals surface area contributed by atoms with Crippen LogP contribution in [0.15, 0.2) is 65.1 Å². The summed E-state index contributed by atoms with van der Waals surface area (Å²) in [7, 11) is 0. The molecule has 0 N–H and O–H groups in total. The normalized spacial score (nSPS) is 12.0. The minimum absolute atomic E-state index is 0.0337. The van der Waals surface area contributed by atoms with Gasteiger partial charge in [0.2, 0.25) is 0 Å². The molecule has 1 unspecified atom stereocenters. The Balaban J connectivity index is 1.53. The van der Waals surface area contributed by atoms with Crippen LogP contribution in [0.2, 0.25) is 0 Å². The second-order valence-electron chi connectivity index (χ2n) is 8.04. The first-order valence-electron chi connectivity index (χ1n) is 10.7. The van der Waals surface area contributed by atoms with Gasteiger partial charge in [0.05, 0.1) is 23.1 Å². The summed E-state index contributed by atoms with van der Waals surface area (Å²) < 4.78 is 16.2. The predicted molar refractivity (Wildman–Crippen MR) is 132 cm³/mol. The first-order chi connectivity index (χ1) is 16.5. The van der Waals surface area contributed by atoms with Gasteiger partial charge >= 0.3 is 0 Å². The van der Waals surface area contributed by atoms with E-state index in [4.69, 9.17) is 0 Å². The van der Waals surface area contributed by atoms with Gasteiger partial charge in [-0.05, 0) is 18.1 Å². The molecule has 2 heterocycles. The average molecular weight is 492 g/mol. The van der Waals surface area contributed by atoms with Gasteiger partial charge in [0.25, 0.3) is 0 Å². The molecule has 1 atom stereocenters. The Morgan fingerprint density at radius 2 is 1.88 bits per heavy atom. The van der Waals surface area contributed by atoms with Gasteiger partial charge in [0.1, 0.15) is 10.8 Å². The summed E-state index contributed by atoms with van der Waals surface area (Å²) in [4.78, 5) is 17.5. The minimum atomic E-state index is -0.956. The topological polar surface area (TPSA) is 84.5 Å². The molecule has 2 aromatic carbocycles. The van der Waals surface area contributed by atoms with E-state index in [0.717, 1.165) is 11.3 Å². The monoisotopic (exact) mass is 491 g/mol. The fourth-order valence-corrected chi connectivity index (χ4v) is 5.16. The number of aromatic nitrogens is 4. The van der Waals surface area contributed by atoms with Crippen molar-refractivity contribution in [1.82, 2.24) is 19.7 Å². The Morgan fingerprint density at radius 3 is 2.59 bits per heavy atom. The van der Waals surface area contributed by atoms with E-state index in [0.29, 0.717) is 28.1 Å². The van der Waals surface area contributed by atoms with Crippen LogP contribution in [-0.4, -0.2) is 31.3 Å². The molecular weight excluding hydrogens is 469 g/mol. The third kappa shape index (κ3) is 5.24. The summed E-state index contributed by atoms with van der Waals surface area (Å²) in [6.07, 6.45) is 0. The van der Waals surface area contributed by atoms with Crippen LogP contribution in [0.25, 0.3) is 22.6 Å². The molecule has 2 aromatic heterocycles. The second kappa shape index (κ2) is 10.7. The number of halogens is 1. The van der Waals surface area contributed by atoms with Crippen molar-refractivity contribution in [3.8, 4) is 28.7 Å². The summed E-state index contributed by atoms with van der Waals surface area (Å²) >= 11 is 2.51. The molecule has 172 valence electrons. The molecule has 4 rings (SSSR count). The molecule has 0 aliphatic heterocycles. The summed E-state index contributed by atoms with van der Waals surface area (Å²) in [5.74, 6) is -0.877. The highest BCUT2D eigenvalue weighted by Gasteiger charge is 2.25. The lowest BCUT2D eigenvalue weighted by molar-refractivity contribution is -0.116. The van der Waals surface area contributed by atoms with Crippen molar-refractivity contribution in [2.75, 3.05) is 5.75 Å². The number of nitriles is 1. The predicted octanol–water partition coefficient (Wildman–Crippen LogP) is 5.83. The van der Waals surface area contributed by atoms with Crippen LogP contribution in [0, 0.1) is 23.1 Å². The highest BCUT2D eigenvalue weighted by Crippen LogP contribution is 2.30.